The van der Waals surface area contributed by atoms with E-state index in [2.05, 4.69) is 28.9 Å². The molecule has 108 valence electrons. The van der Waals surface area contributed by atoms with Crippen LogP contribution in [0.2, 0.25) is 5.02 Å². The van der Waals surface area contributed by atoms with Crippen molar-refractivity contribution < 1.29 is 0 Å². The first-order chi connectivity index (χ1) is 9.27. The first-order valence-electron chi connectivity index (χ1n) is 7.72. The molecule has 2 rings (SSSR count). The van der Waals surface area contributed by atoms with Gasteiger partial charge in [-0.1, -0.05) is 38.3 Å². The van der Waals surface area contributed by atoms with Gasteiger partial charge in [-0.2, -0.15) is 5.10 Å². The first-order valence-corrected chi connectivity index (χ1v) is 8.10. The number of nitrogens with one attached hydrogen (secondary N) is 1. The van der Waals surface area contributed by atoms with Crippen molar-refractivity contribution in [1.82, 2.24) is 15.1 Å². The van der Waals surface area contributed by atoms with Gasteiger partial charge in [0.15, 0.2) is 0 Å². The minimum Gasteiger partial charge on any atom is -0.308 e. The van der Waals surface area contributed by atoms with Crippen LogP contribution in [0.5, 0.6) is 0 Å². The largest absolute Gasteiger partial charge is 0.308 e. The van der Waals surface area contributed by atoms with E-state index in [9.17, 15) is 0 Å². The van der Waals surface area contributed by atoms with Crippen LogP contribution in [-0.4, -0.2) is 16.3 Å². The van der Waals surface area contributed by atoms with E-state index in [4.69, 9.17) is 11.6 Å². The molecule has 1 aliphatic rings. The third kappa shape index (κ3) is 3.51. The van der Waals surface area contributed by atoms with E-state index in [1.165, 1.54) is 31.4 Å². The molecular weight excluding hydrogens is 258 g/mol. The van der Waals surface area contributed by atoms with E-state index < -0.39 is 0 Å². The van der Waals surface area contributed by atoms with Gasteiger partial charge in [0.1, 0.15) is 0 Å². The summed E-state index contributed by atoms with van der Waals surface area (Å²) in [7, 11) is 0. The quantitative estimate of drug-likeness (QED) is 0.814. The summed E-state index contributed by atoms with van der Waals surface area (Å²) in [5, 5.41) is 8.99. The predicted molar refractivity (Wildman–Crippen MR) is 80.5 cm³/mol. The Morgan fingerprint density at radius 1 is 1.37 bits per heavy atom. The first kappa shape index (κ1) is 14.9. The molecule has 1 unspecified atom stereocenters. The molecule has 0 saturated heterocycles. The highest BCUT2D eigenvalue weighted by Gasteiger charge is 2.30. The van der Waals surface area contributed by atoms with Crippen LogP contribution in [0.15, 0.2) is 6.20 Å². The second-order valence-corrected chi connectivity index (χ2v) is 5.98. The van der Waals surface area contributed by atoms with Gasteiger partial charge in [0.25, 0.3) is 0 Å². The van der Waals surface area contributed by atoms with Crippen LogP contribution in [0, 0.1) is 5.92 Å². The highest BCUT2D eigenvalue weighted by atomic mass is 35.5. The highest BCUT2D eigenvalue weighted by molar-refractivity contribution is 6.31. The maximum absolute atomic E-state index is 6.41. The standard InChI is InChI=1S/C15H26ClN3/c1-3-9-17-14(12-7-5-6-8-12)15-13(16)11-18-19(15)10-4-2/h11-12,14,17H,3-10H2,1-2H3. The van der Waals surface area contributed by atoms with Gasteiger partial charge in [0, 0.05) is 6.54 Å². The van der Waals surface area contributed by atoms with Crippen molar-refractivity contribution in [1.29, 1.82) is 0 Å². The summed E-state index contributed by atoms with van der Waals surface area (Å²) >= 11 is 6.41. The zero-order valence-corrected chi connectivity index (χ0v) is 12.9. The Labute approximate surface area is 121 Å². The Hall–Kier alpha value is -0.540. The number of halogens is 1. The molecule has 4 heteroatoms. The van der Waals surface area contributed by atoms with Crippen molar-refractivity contribution in [2.75, 3.05) is 6.54 Å². The van der Waals surface area contributed by atoms with E-state index in [0.29, 0.717) is 6.04 Å². The van der Waals surface area contributed by atoms with Crippen molar-refractivity contribution in [3.8, 4) is 0 Å². The minimum atomic E-state index is 0.379. The van der Waals surface area contributed by atoms with Crippen LogP contribution in [0.4, 0.5) is 0 Å². The predicted octanol–water partition coefficient (Wildman–Crippen LogP) is 4.18. The molecule has 1 atom stereocenters. The van der Waals surface area contributed by atoms with Gasteiger partial charge in [-0.3, -0.25) is 4.68 Å². The Morgan fingerprint density at radius 3 is 2.74 bits per heavy atom. The lowest BCUT2D eigenvalue weighted by molar-refractivity contribution is 0.344. The van der Waals surface area contributed by atoms with Crippen LogP contribution in [0.1, 0.15) is 64.1 Å². The summed E-state index contributed by atoms with van der Waals surface area (Å²) in [5.41, 5.74) is 1.21. The maximum Gasteiger partial charge on any atom is 0.0834 e. The molecule has 0 amide bonds. The van der Waals surface area contributed by atoms with Crippen molar-refractivity contribution in [2.24, 2.45) is 5.92 Å². The summed E-state index contributed by atoms with van der Waals surface area (Å²) in [4.78, 5) is 0. The van der Waals surface area contributed by atoms with E-state index in [0.717, 1.165) is 36.9 Å². The zero-order valence-electron chi connectivity index (χ0n) is 12.2. The molecule has 0 radical (unpaired) electrons. The molecule has 0 spiro atoms. The summed E-state index contributed by atoms with van der Waals surface area (Å²) in [6.07, 6.45) is 9.40. The summed E-state index contributed by atoms with van der Waals surface area (Å²) in [5.74, 6) is 0.719. The molecule has 1 aromatic rings. The van der Waals surface area contributed by atoms with E-state index in [1.807, 2.05) is 6.20 Å². The topological polar surface area (TPSA) is 29.9 Å². The average Bonchev–Trinajstić information content (AvgIpc) is 3.03. The fraction of sp³-hybridized carbons (Fsp3) is 0.800. The van der Waals surface area contributed by atoms with Crippen molar-refractivity contribution in [3.05, 3.63) is 16.9 Å². The number of rotatable bonds is 7. The molecular formula is C15H26ClN3. The summed E-state index contributed by atoms with van der Waals surface area (Å²) < 4.78 is 2.11. The lowest BCUT2D eigenvalue weighted by Gasteiger charge is -2.26. The van der Waals surface area contributed by atoms with Crippen molar-refractivity contribution in [2.45, 2.75) is 65.0 Å². The molecule has 0 aliphatic heterocycles. The zero-order chi connectivity index (χ0) is 13.7. The number of aromatic nitrogens is 2. The number of hydrogen-bond donors (Lipinski definition) is 1. The molecule has 1 N–H and O–H groups in total. The van der Waals surface area contributed by atoms with Crippen LogP contribution in [0.25, 0.3) is 0 Å². The number of hydrogen-bond acceptors (Lipinski definition) is 2. The third-order valence-corrected chi connectivity index (χ3v) is 4.34. The second kappa shape index (κ2) is 7.30. The van der Waals surface area contributed by atoms with Crippen molar-refractivity contribution in [3.63, 3.8) is 0 Å². The Balaban J connectivity index is 2.22. The lowest BCUT2D eigenvalue weighted by atomic mass is 9.95. The van der Waals surface area contributed by atoms with Crippen LogP contribution < -0.4 is 5.32 Å². The number of aryl methyl sites for hydroxylation is 1. The van der Waals surface area contributed by atoms with Crippen molar-refractivity contribution >= 4 is 11.6 Å². The van der Waals surface area contributed by atoms with E-state index in [1.54, 1.807) is 0 Å². The Morgan fingerprint density at radius 2 is 2.11 bits per heavy atom. The molecule has 0 aromatic carbocycles. The van der Waals surface area contributed by atoms with Crippen LogP contribution in [-0.2, 0) is 6.54 Å². The molecule has 1 aliphatic carbocycles. The van der Waals surface area contributed by atoms with Crippen LogP contribution >= 0.6 is 11.6 Å². The fourth-order valence-corrected chi connectivity index (χ4v) is 3.41. The molecule has 1 heterocycles. The van der Waals surface area contributed by atoms with E-state index >= 15 is 0 Å². The van der Waals surface area contributed by atoms with Crippen LogP contribution in [0.3, 0.4) is 0 Å². The maximum atomic E-state index is 6.41. The van der Waals surface area contributed by atoms with Gasteiger partial charge in [-0.15, -0.1) is 0 Å². The SMILES string of the molecule is CCCNC(c1c(Cl)cnn1CCC)C1CCCC1. The Kier molecular flexibility index (Phi) is 5.71. The summed E-state index contributed by atoms with van der Waals surface area (Å²) in [6, 6.07) is 0.379. The van der Waals surface area contributed by atoms with Gasteiger partial charge in [-0.25, -0.2) is 0 Å². The van der Waals surface area contributed by atoms with Gasteiger partial charge >= 0.3 is 0 Å². The van der Waals surface area contributed by atoms with Gasteiger partial charge < -0.3 is 5.32 Å². The van der Waals surface area contributed by atoms with Gasteiger partial charge in [-0.05, 0) is 38.1 Å². The van der Waals surface area contributed by atoms with E-state index in [-0.39, 0.29) is 0 Å². The molecule has 1 aromatic heterocycles. The summed E-state index contributed by atoms with van der Waals surface area (Å²) in [6.45, 7) is 6.40. The smallest absolute Gasteiger partial charge is 0.0834 e. The number of nitrogens with zero attached hydrogens (tertiary/aromatic N) is 2. The minimum absolute atomic E-state index is 0.379. The molecule has 19 heavy (non-hydrogen) atoms. The fourth-order valence-electron chi connectivity index (χ4n) is 3.15. The normalized spacial score (nSPS) is 18.1. The average molecular weight is 284 g/mol. The molecule has 0 bridgehead atoms. The Bertz CT molecular complexity index is 383. The monoisotopic (exact) mass is 283 g/mol. The lowest BCUT2D eigenvalue weighted by Crippen LogP contribution is -2.30. The second-order valence-electron chi connectivity index (χ2n) is 5.58. The molecule has 1 saturated carbocycles. The molecule has 3 nitrogen and oxygen atoms in total. The van der Waals surface area contributed by atoms with Gasteiger partial charge in [0.2, 0.25) is 0 Å². The highest BCUT2D eigenvalue weighted by Crippen LogP contribution is 2.38. The molecule has 1 fully saturated rings. The third-order valence-electron chi connectivity index (χ3n) is 4.05. The van der Waals surface area contributed by atoms with Gasteiger partial charge in [0.05, 0.1) is 23.0 Å².